The van der Waals surface area contributed by atoms with Crippen molar-refractivity contribution in [3.63, 3.8) is 0 Å². The molecular weight excluding hydrogens is 887 g/mol. The number of anilines is 6. The second-order valence-corrected chi connectivity index (χ2v) is 19.1. The lowest BCUT2D eigenvalue weighted by Crippen LogP contribution is -2.10. The third kappa shape index (κ3) is 8.94. The standard InChI is InChI=1S/C68H53N5/c1-46-15-23-52(24-16-46)64-45-65(70-68(69-64)54-25-17-47(2)18-26-54)53-29-27-50(28-30-53)51-31-37-59(38-32-51)73-66-41-39-60(71(55-11-7-5-8-12-55)56-13-9-6-10-14-56)43-62(66)63-44-61(40-42-67(63)73)72(57-33-19-48(3)20-34-57)58-35-21-49(4)22-36-58/h5-45H,1-4H3. The average Bonchev–Trinajstić information content (AvgIpc) is 3.76. The first-order chi connectivity index (χ1) is 35.8. The molecule has 0 aliphatic rings. The summed E-state index contributed by atoms with van der Waals surface area (Å²) in [7, 11) is 0. The van der Waals surface area contributed by atoms with E-state index in [1.165, 1.54) is 33.0 Å². The van der Waals surface area contributed by atoms with Crippen LogP contribution >= 0.6 is 0 Å². The predicted molar refractivity (Wildman–Crippen MR) is 306 cm³/mol. The fourth-order valence-corrected chi connectivity index (χ4v) is 9.93. The third-order valence-electron chi connectivity index (χ3n) is 13.9. The van der Waals surface area contributed by atoms with Crippen LogP contribution in [0.25, 0.3) is 72.5 Å². The number of aryl methyl sites for hydroxylation is 4. The van der Waals surface area contributed by atoms with Crippen molar-refractivity contribution in [1.82, 2.24) is 14.5 Å². The van der Waals surface area contributed by atoms with Crippen molar-refractivity contribution in [1.29, 1.82) is 0 Å². The number of fused-ring (bicyclic) bond motifs is 3. The zero-order valence-electron chi connectivity index (χ0n) is 41.4. The minimum absolute atomic E-state index is 0.713. The summed E-state index contributed by atoms with van der Waals surface area (Å²) in [5.74, 6) is 0.713. The van der Waals surface area contributed by atoms with Gasteiger partial charge in [0.15, 0.2) is 5.82 Å². The number of rotatable bonds is 11. The van der Waals surface area contributed by atoms with Crippen LogP contribution < -0.4 is 9.80 Å². The topological polar surface area (TPSA) is 37.2 Å². The van der Waals surface area contributed by atoms with Crippen LogP contribution in [0.2, 0.25) is 0 Å². The molecule has 0 saturated carbocycles. The molecule has 2 heterocycles. The molecule has 0 aliphatic heterocycles. The minimum atomic E-state index is 0.713. The molecule has 0 amide bonds. The summed E-state index contributed by atoms with van der Waals surface area (Å²) in [6.07, 6.45) is 0. The van der Waals surface area contributed by atoms with Gasteiger partial charge in [0.25, 0.3) is 0 Å². The monoisotopic (exact) mass is 939 g/mol. The van der Waals surface area contributed by atoms with Crippen LogP contribution in [-0.4, -0.2) is 14.5 Å². The Morgan fingerprint density at radius 1 is 0.288 bits per heavy atom. The number of hydrogen-bond acceptors (Lipinski definition) is 4. The second-order valence-electron chi connectivity index (χ2n) is 19.1. The molecule has 0 bridgehead atoms. The first-order valence-corrected chi connectivity index (χ1v) is 25.0. The van der Waals surface area contributed by atoms with E-state index in [-0.39, 0.29) is 0 Å². The number of nitrogens with zero attached hydrogens (tertiary/aromatic N) is 5. The van der Waals surface area contributed by atoms with Gasteiger partial charge in [-0.2, -0.15) is 0 Å². The maximum atomic E-state index is 5.12. The molecule has 0 atom stereocenters. The Hall–Kier alpha value is -9.32. The molecule has 0 fully saturated rings. The van der Waals surface area contributed by atoms with Gasteiger partial charge >= 0.3 is 0 Å². The molecular formula is C68H53N5. The largest absolute Gasteiger partial charge is 0.310 e. The van der Waals surface area contributed by atoms with Gasteiger partial charge < -0.3 is 14.4 Å². The fourth-order valence-electron chi connectivity index (χ4n) is 9.93. The van der Waals surface area contributed by atoms with Crippen molar-refractivity contribution in [2.24, 2.45) is 0 Å². The van der Waals surface area contributed by atoms with E-state index in [4.69, 9.17) is 9.97 Å². The van der Waals surface area contributed by atoms with Gasteiger partial charge in [0.2, 0.25) is 0 Å². The van der Waals surface area contributed by atoms with Gasteiger partial charge in [-0.1, -0.05) is 168 Å². The molecule has 0 saturated heterocycles. The average molecular weight is 940 g/mol. The van der Waals surface area contributed by atoms with E-state index in [1.807, 2.05) is 0 Å². The first-order valence-electron chi connectivity index (χ1n) is 25.0. The smallest absolute Gasteiger partial charge is 0.160 e. The lowest BCUT2D eigenvalue weighted by Gasteiger charge is -2.26. The zero-order valence-corrected chi connectivity index (χ0v) is 41.4. The van der Waals surface area contributed by atoms with Gasteiger partial charge in [0.1, 0.15) is 0 Å². The van der Waals surface area contributed by atoms with Crippen LogP contribution in [0.3, 0.4) is 0 Å². The number of benzene rings is 10. The fraction of sp³-hybridized carbons (Fsp3) is 0.0588. The van der Waals surface area contributed by atoms with Crippen LogP contribution in [-0.2, 0) is 0 Å². The van der Waals surface area contributed by atoms with E-state index in [1.54, 1.807) is 0 Å². The van der Waals surface area contributed by atoms with Crippen molar-refractivity contribution in [2.75, 3.05) is 9.80 Å². The Balaban J connectivity index is 0.953. The van der Waals surface area contributed by atoms with Gasteiger partial charge in [-0.15, -0.1) is 0 Å². The Kier molecular flexibility index (Phi) is 11.7. The molecule has 0 aliphatic carbocycles. The highest BCUT2D eigenvalue weighted by Crippen LogP contribution is 2.43. The van der Waals surface area contributed by atoms with Gasteiger partial charge in [0, 0.05) is 67.3 Å². The number of para-hydroxylation sites is 2. The Morgan fingerprint density at radius 3 is 1.04 bits per heavy atom. The van der Waals surface area contributed by atoms with E-state index in [0.29, 0.717) is 5.82 Å². The quantitative estimate of drug-likeness (QED) is 0.129. The van der Waals surface area contributed by atoms with Gasteiger partial charge in [0.05, 0.1) is 22.4 Å². The van der Waals surface area contributed by atoms with Crippen LogP contribution in [0, 0.1) is 27.7 Å². The molecule has 2 aromatic heterocycles. The highest BCUT2D eigenvalue weighted by Gasteiger charge is 2.21. The van der Waals surface area contributed by atoms with Crippen molar-refractivity contribution < 1.29 is 0 Å². The van der Waals surface area contributed by atoms with Crippen LogP contribution in [0.5, 0.6) is 0 Å². The summed E-state index contributed by atoms with van der Waals surface area (Å²) in [6.45, 7) is 8.49. The molecule has 12 rings (SSSR count). The summed E-state index contributed by atoms with van der Waals surface area (Å²) >= 11 is 0. The summed E-state index contributed by atoms with van der Waals surface area (Å²) in [5, 5.41) is 2.33. The SMILES string of the molecule is Cc1ccc(-c2cc(-c3ccc(-c4ccc(-n5c6ccc(N(c7ccccc7)c7ccccc7)cc6c6cc(N(c7ccc(C)cc7)c7ccc(C)cc7)ccc65)cc4)cc3)nc(-c3ccc(C)cc3)n2)cc1. The lowest BCUT2D eigenvalue weighted by atomic mass is 10.0. The molecule has 10 aromatic carbocycles. The van der Waals surface area contributed by atoms with Gasteiger partial charge in [-0.25, -0.2) is 9.97 Å². The molecule has 0 radical (unpaired) electrons. The van der Waals surface area contributed by atoms with E-state index < -0.39 is 0 Å². The molecule has 350 valence electrons. The molecule has 5 nitrogen and oxygen atoms in total. The van der Waals surface area contributed by atoms with Crippen molar-refractivity contribution in [3.8, 4) is 50.7 Å². The van der Waals surface area contributed by atoms with E-state index >= 15 is 0 Å². The first kappa shape index (κ1) is 44.9. The van der Waals surface area contributed by atoms with Crippen molar-refractivity contribution >= 4 is 55.9 Å². The molecule has 0 N–H and O–H groups in total. The van der Waals surface area contributed by atoms with E-state index in [0.717, 1.165) is 90.1 Å². The highest BCUT2D eigenvalue weighted by molar-refractivity contribution is 6.12. The van der Waals surface area contributed by atoms with E-state index in [2.05, 4.69) is 291 Å². The molecule has 12 aromatic rings. The van der Waals surface area contributed by atoms with Crippen LogP contribution in [0.15, 0.2) is 249 Å². The summed E-state index contributed by atoms with van der Waals surface area (Å²) < 4.78 is 2.41. The maximum Gasteiger partial charge on any atom is 0.160 e. The number of aromatic nitrogens is 3. The second kappa shape index (κ2) is 19.1. The van der Waals surface area contributed by atoms with Gasteiger partial charge in [-0.05, 0) is 142 Å². The Bertz CT molecular complexity index is 3730. The molecule has 0 unspecified atom stereocenters. The zero-order chi connectivity index (χ0) is 49.4. The van der Waals surface area contributed by atoms with E-state index in [9.17, 15) is 0 Å². The molecule has 5 heteroatoms. The van der Waals surface area contributed by atoms with Crippen molar-refractivity contribution in [2.45, 2.75) is 27.7 Å². The Morgan fingerprint density at radius 2 is 0.616 bits per heavy atom. The highest BCUT2D eigenvalue weighted by atomic mass is 15.1. The predicted octanol–water partition coefficient (Wildman–Crippen LogP) is 18.4. The van der Waals surface area contributed by atoms with Crippen LogP contribution in [0.1, 0.15) is 22.3 Å². The summed E-state index contributed by atoms with van der Waals surface area (Å²) in [5.41, 5.74) is 22.0. The Labute approximate surface area is 427 Å². The normalized spacial score (nSPS) is 11.3. The van der Waals surface area contributed by atoms with Gasteiger partial charge in [-0.3, -0.25) is 0 Å². The molecule has 0 spiro atoms. The lowest BCUT2D eigenvalue weighted by molar-refractivity contribution is 1.18. The molecule has 73 heavy (non-hydrogen) atoms. The van der Waals surface area contributed by atoms with Crippen LogP contribution in [0.4, 0.5) is 34.1 Å². The minimum Gasteiger partial charge on any atom is -0.310 e. The third-order valence-corrected chi connectivity index (χ3v) is 13.9. The maximum absolute atomic E-state index is 5.12. The number of hydrogen-bond donors (Lipinski definition) is 0. The summed E-state index contributed by atoms with van der Waals surface area (Å²) in [6, 6.07) is 89.5. The summed E-state index contributed by atoms with van der Waals surface area (Å²) in [4.78, 5) is 14.9. The van der Waals surface area contributed by atoms with Crippen molar-refractivity contribution in [3.05, 3.63) is 271 Å².